The van der Waals surface area contributed by atoms with Crippen LogP contribution in [-0.2, 0) is 0 Å². The molecule has 0 aliphatic rings. The van der Waals surface area contributed by atoms with Crippen LogP contribution < -0.4 is 10.8 Å². The highest BCUT2D eigenvalue weighted by molar-refractivity contribution is 6.03. The molecule has 2 N–H and O–H groups in total. The molecule has 2 radical (unpaired) electrons. The minimum absolute atomic E-state index is 1.69. The van der Waals surface area contributed by atoms with E-state index in [9.17, 15) is 0 Å². The lowest BCUT2D eigenvalue weighted by Gasteiger charge is -1.82. The van der Waals surface area contributed by atoms with Crippen molar-refractivity contribution in [3.05, 3.63) is 0 Å². The van der Waals surface area contributed by atoms with Gasteiger partial charge in [-0.15, -0.1) is 0 Å². The van der Waals surface area contributed by atoms with Gasteiger partial charge in [-0.2, -0.15) is 0 Å². The summed E-state index contributed by atoms with van der Waals surface area (Å²) in [6, 6.07) is 0. The molecule has 0 saturated heterocycles. The van der Waals surface area contributed by atoms with Gasteiger partial charge in [0.2, 0.25) is 7.98 Å². The largest absolute Gasteiger partial charge is 0.311 e. The van der Waals surface area contributed by atoms with E-state index in [0.717, 1.165) is 0 Å². The Kier molecular flexibility index (Phi) is 2.97. The van der Waals surface area contributed by atoms with Crippen LogP contribution in [0.1, 0.15) is 0 Å². The predicted octanol–water partition coefficient (Wildman–Crippen LogP) is -1.21. The zero-order valence-electron chi connectivity index (χ0n) is 2.58. The summed E-state index contributed by atoms with van der Waals surface area (Å²) in [4.78, 5) is 0. The first-order valence-electron chi connectivity index (χ1n) is 1.04. The molecule has 22 valence electrons. The molecule has 0 heterocycles. The van der Waals surface area contributed by atoms with Crippen molar-refractivity contribution in [2.75, 3.05) is 7.05 Å². The molecule has 0 aromatic carbocycles. The van der Waals surface area contributed by atoms with Gasteiger partial charge in [0, 0.05) is 0 Å². The van der Waals surface area contributed by atoms with Gasteiger partial charge >= 0.3 is 0 Å². The summed E-state index contributed by atoms with van der Waals surface area (Å²) in [7, 11) is 6.36. The lowest BCUT2D eigenvalue weighted by Crippen LogP contribution is -2.23. The average molecular weight is 55.9 g/mol. The molecule has 0 unspecified atom stereocenters. The van der Waals surface area contributed by atoms with Crippen LogP contribution in [0.4, 0.5) is 0 Å². The summed E-state index contributed by atoms with van der Waals surface area (Å²) in [5.74, 6) is 0. The Morgan fingerprint density at radius 3 is 2.00 bits per heavy atom. The van der Waals surface area contributed by atoms with Gasteiger partial charge in [0.1, 0.15) is 0 Å². The summed E-state index contributed by atoms with van der Waals surface area (Å²) in [6.45, 7) is 0. The summed E-state index contributed by atoms with van der Waals surface area (Å²) >= 11 is 0. The molecule has 0 aliphatic carbocycles. The Morgan fingerprint density at radius 2 is 2.00 bits per heavy atom. The molecule has 2 nitrogen and oxygen atoms in total. The topological polar surface area (TPSA) is 24.1 Å². The van der Waals surface area contributed by atoms with Gasteiger partial charge in [-0.25, -0.2) is 0 Å². The summed E-state index contributed by atoms with van der Waals surface area (Å²) in [5.41, 5.74) is 2.46. The van der Waals surface area contributed by atoms with Crippen LogP contribution in [0.2, 0.25) is 0 Å². The van der Waals surface area contributed by atoms with Gasteiger partial charge in [-0.1, -0.05) is 0 Å². The standard InChI is InChI=1S/CH5BN2/c1-3-4-2/h3-4H,1H3. The minimum atomic E-state index is 1.69. The lowest BCUT2D eigenvalue weighted by atomic mass is 10.5. The van der Waals surface area contributed by atoms with Gasteiger partial charge < -0.3 is 5.34 Å². The smallest absolute Gasteiger partial charge is 0.201 e. The van der Waals surface area contributed by atoms with E-state index >= 15 is 0 Å². The SMILES string of the molecule is [B]NNC. The second-order valence-corrected chi connectivity index (χ2v) is 0.394. The first kappa shape index (κ1) is 3.98. The number of nitrogens with one attached hydrogen (secondary N) is 2. The monoisotopic (exact) mass is 56.1 g/mol. The highest BCUT2D eigenvalue weighted by Gasteiger charge is 1.45. The summed E-state index contributed by atoms with van der Waals surface area (Å²) in [6.07, 6.45) is 0. The molecule has 0 saturated carbocycles. The highest BCUT2D eigenvalue weighted by Crippen LogP contribution is 1.04. The Morgan fingerprint density at radius 1 is 1.75 bits per heavy atom. The van der Waals surface area contributed by atoms with Crippen molar-refractivity contribution >= 4 is 7.98 Å². The zero-order valence-corrected chi connectivity index (χ0v) is 2.58. The van der Waals surface area contributed by atoms with E-state index in [-0.39, 0.29) is 0 Å². The van der Waals surface area contributed by atoms with Crippen molar-refractivity contribution < 1.29 is 0 Å². The molecule has 3 heteroatoms. The van der Waals surface area contributed by atoms with E-state index in [1.807, 2.05) is 0 Å². The molecule has 0 aromatic rings. The molecule has 4 heavy (non-hydrogen) atoms. The van der Waals surface area contributed by atoms with Crippen molar-refractivity contribution in [1.29, 1.82) is 0 Å². The molecule has 0 spiro atoms. The second kappa shape index (κ2) is 2.98. The van der Waals surface area contributed by atoms with Gasteiger partial charge in [0.25, 0.3) is 0 Å². The third-order valence-electron chi connectivity index (χ3n) is 0.144. The maximum Gasteiger partial charge on any atom is 0.201 e. The molecule has 0 aliphatic heterocycles. The van der Waals surface area contributed by atoms with Gasteiger partial charge in [-0.05, 0) is 7.05 Å². The second-order valence-electron chi connectivity index (χ2n) is 0.394. The van der Waals surface area contributed by atoms with E-state index in [4.69, 9.17) is 0 Å². The van der Waals surface area contributed by atoms with Crippen molar-refractivity contribution in [3.8, 4) is 0 Å². The minimum Gasteiger partial charge on any atom is -0.311 e. The Hall–Kier alpha value is -0.0151. The van der Waals surface area contributed by atoms with Crippen molar-refractivity contribution in [2.24, 2.45) is 0 Å². The van der Waals surface area contributed by atoms with Crippen LogP contribution in [-0.4, -0.2) is 15.0 Å². The Bertz CT molecular complexity index is 8.00. The number of hydrogen-bond donors (Lipinski definition) is 2. The van der Waals surface area contributed by atoms with Crippen LogP contribution in [0.3, 0.4) is 0 Å². The zero-order chi connectivity index (χ0) is 3.41. The van der Waals surface area contributed by atoms with E-state index in [1.165, 1.54) is 0 Å². The van der Waals surface area contributed by atoms with Crippen LogP contribution in [0.15, 0.2) is 0 Å². The predicted molar refractivity (Wildman–Crippen MR) is 17.9 cm³/mol. The molecule has 0 amide bonds. The molecule has 0 fully saturated rings. The number of hydrazine groups is 1. The van der Waals surface area contributed by atoms with Crippen LogP contribution in [0.25, 0.3) is 0 Å². The third-order valence-corrected chi connectivity index (χ3v) is 0.144. The molecule has 0 rings (SSSR count). The maximum absolute atomic E-state index is 4.67. The van der Waals surface area contributed by atoms with Gasteiger partial charge in [-0.3, -0.25) is 5.43 Å². The summed E-state index contributed by atoms with van der Waals surface area (Å²) < 4.78 is 0. The fourth-order valence-electron chi connectivity index (χ4n) is 0. The Balaban J connectivity index is 1.97. The number of rotatable bonds is 1. The molecule has 0 bridgehead atoms. The van der Waals surface area contributed by atoms with E-state index in [2.05, 4.69) is 18.7 Å². The van der Waals surface area contributed by atoms with E-state index in [0.29, 0.717) is 0 Å². The highest BCUT2D eigenvalue weighted by atomic mass is 15.3. The van der Waals surface area contributed by atoms with Crippen molar-refractivity contribution in [3.63, 3.8) is 0 Å². The summed E-state index contributed by atoms with van der Waals surface area (Å²) in [5, 5.41) is 2.18. The third kappa shape index (κ3) is 1.98. The van der Waals surface area contributed by atoms with Gasteiger partial charge in [0.15, 0.2) is 0 Å². The fraction of sp³-hybridized carbons (Fsp3) is 1.00. The first-order valence-corrected chi connectivity index (χ1v) is 1.04. The number of hydrogen-bond acceptors (Lipinski definition) is 2. The average Bonchev–Trinajstić information content (AvgIpc) is 1.37. The van der Waals surface area contributed by atoms with E-state index < -0.39 is 0 Å². The maximum atomic E-state index is 4.67. The van der Waals surface area contributed by atoms with E-state index in [1.54, 1.807) is 7.05 Å². The molecular weight excluding hydrogens is 50.8 g/mol. The van der Waals surface area contributed by atoms with Crippen molar-refractivity contribution in [1.82, 2.24) is 10.8 Å². The lowest BCUT2D eigenvalue weighted by molar-refractivity contribution is 0.804. The van der Waals surface area contributed by atoms with Crippen LogP contribution in [0, 0.1) is 0 Å². The quantitative estimate of drug-likeness (QED) is 0.291. The first-order chi connectivity index (χ1) is 1.91. The normalized spacial score (nSPS) is 7.25. The van der Waals surface area contributed by atoms with Gasteiger partial charge in [0.05, 0.1) is 0 Å². The van der Waals surface area contributed by atoms with Crippen LogP contribution in [0.5, 0.6) is 0 Å². The Labute approximate surface area is 27.0 Å². The van der Waals surface area contributed by atoms with Crippen molar-refractivity contribution in [2.45, 2.75) is 0 Å². The molecule has 0 aromatic heterocycles. The molecular formula is CH5BN2. The van der Waals surface area contributed by atoms with Crippen LogP contribution >= 0.6 is 0 Å². The molecule has 0 atom stereocenters. The fourth-order valence-corrected chi connectivity index (χ4v) is 0.